The van der Waals surface area contributed by atoms with E-state index >= 15 is 0 Å². The topological polar surface area (TPSA) is 55.1 Å². The van der Waals surface area contributed by atoms with E-state index in [1.165, 1.54) is 0 Å². The SMILES string of the molecule is O=C(CC(c1ccccc1)c1ccccc1)NCc1ccnc(-c2ccco2)c1. The van der Waals surface area contributed by atoms with Crippen molar-refractivity contribution in [2.24, 2.45) is 0 Å². The molecule has 4 rings (SSSR count). The van der Waals surface area contributed by atoms with E-state index in [2.05, 4.69) is 34.6 Å². The summed E-state index contributed by atoms with van der Waals surface area (Å²) in [7, 11) is 0. The quantitative estimate of drug-likeness (QED) is 0.479. The number of furan rings is 1. The fraction of sp³-hybridized carbons (Fsp3) is 0.120. The number of aromatic nitrogens is 1. The van der Waals surface area contributed by atoms with Crippen molar-refractivity contribution in [3.63, 3.8) is 0 Å². The number of nitrogens with zero attached hydrogens (tertiary/aromatic N) is 1. The number of benzene rings is 2. The molecule has 2 aromatic carbocycles. The molecule has 144 valence electrons. The summed E-state index contributed by atoms with van der Waals surface area (Å²) in [6.45, 7) is 0.450. The molecular formula is C25H22N2O2. The predicted molar refractivity (Wildman–Crippen MR) is 113 cm³/mol. The predicted octanol–water partition coefficient (Wildman–Crippen LogP) is 5.18. The average Bonchev–Trinajstić information content (AvgIpc) is 3.33. The van der Waals surface area contributed by atoms with Gasteiger partial charge in [0.15, 0.2) is 5.76 Å². The van der Waals surface area contributed by atoms with Crippen LogP contribution in [0, 0.1) is 0 Å². The third-order valence-corrected chi connectivity index (χ3v) is 4.88. The Morgan fingerprint density at radius 1 is 0.897 bits per heavy atom. The number of hydrogen-bond acceptors (Lipinski definition) is 3. The molecule has 0 atom stereocenters. The maximum atomic E-state index is 12.7. The van der Waals surface area contributed by atoms with Crippen molar-refractivity contribution in [2.75, 3.05) is 0 Å². The number of carbonyl (C=O) groups is 1. The second-order valence-corrected chi connectivity index (χ2v) is 6.88. The van der Waals surface area contributed by atoms with Crippen molar-refractivity contribution in [1.82, 2.24) is 10.3 Å². The van der Waals surface area contributed by atoms with E-state index in [-0.39, 0.29) is 11.8 Å². The lowest BCUT2D eigenvalue weighted by molar-refractivity contribution is -0.121. The summed E-state index contributed by atoms with van der Waals surface area (Å²) in [5.74, 6) is 0.749. The first-order valence-corrected chi connectivity index (χ1v) is 9.65. The van der Waals surface area contributed by atoms with E-state index in [1.807, 2.05) is 60.7 Å². The first kappa shape index (κ1) is 18.7. The van der Waals surface area contributed by atoms with E-state index in [0.717, 1.165) is 22.4 Å². The number of amides is 1. The first-order chi connectivity index (χ1) is 14.3. The van der Waals surface area contributed by atoms with Gasteiger partial charge in [-0.1, -0.05) is 60.7 Å². The molecule has 0 unspecified atom stereocenters. The van der Waals surface area contributed by atoms with Gasteiger partial charge in [-0.3, -0.25) is 9.78 Å². The van der Waals surface area contributed by atoms with Gasteiger partial charge >= 0.3 is 0 Å². The number of hydrogen-bond donors (Lipinski definition) is 1. The van der Waals surface area contributed by atoms with Crippen molar-refractivity contribution >= 4 is 5.91 Å². The summed E-state index contributed by atoms with van der Waals surface area (Å²) in [6, 6.07) is 27.9. The first-order valence-electron chi connectivity index (χ1n) is 9.65. The van der Waals surface area contributed by atoms with Crippen LogP contribution in [0.3, 0.4) is 0 Å². The van der Waals surface area contributed by atoms with Crippen LogP contribution in [0.4, 0.5) is 0 Å². The van der Waals surface area contributed by atoms with Crippen LogP contribution >= 0.6 is 0 Å². The normalized spacial score (nSPS) is 10.8. The van der Waals surface area contributed by atoms with Gasteiger partial charge in [-0.2, -0.15) is 0 Å². The average molecular weight is 382 g/mol. The Morgan fingerprint density at radius 2 is 1.59 bits per heavy atom. The van der Waals surface area contributed by atoms with Gasteiger partial charge < -0.3 is 9.73 Å². The van der Waals surface area contributed by atoms with Gasteiger partial charge in [-0.25, -0.2) is 0 Å². The smallest absolute Gasteiger partial charge is 0.221 e. The number of nitrogens with one attached hydrogen (secondary N) is 1. The molecule has 4 aromatic rings. The Bertz CT molecular complexity index is 1010. The Hall–Kier alpha value is -3.66. The Kier molecular flexibility index (Phi) is 5.81. The van der Waals surface area contributed by atoms with Crippen LogP contribution < -0.4 is 5.32 Å². The molecule has 0 spiro atoms. The maximum Gasteiger partial charge on any atom is 0.221 e. The van der Waals surface area contributed by atoms with Crippen LogP contribution in [-0.2, 0) is 11.3 Å². The molecule has 0 aliphatic rings. The van der Waals surface area contributed by atoms with Gasteiger partial charge in [0.25, 0.3) is 0 Å². The Morgan fingerprint density at radius 3 is 2.21 bits per heavy atom. The third kappa shape index (κ3) is 4.79. The molecule has 4 heteroatoms. The second kappa shape index (κ2) is 9.02. The minimum absolute atomic E-state index is 0.0130. The van der Waals surface area contributed by atoms with Crippen LogP contribution in [0.25, 0.3) is 11.5 Å². The highest BCUT2D eigenvalue weighted by Crippen LogP contribution is 2.27. The molecule has 0 bridgehead atoms. The van der Waals surface area contributed by atoms with E-state index in [1.54, 1.807) is 12.5 Å². The fourth-order valence-electron chi connectivity index (χ4n) is 3.40. The third-order valence-electron chi connectivity index (χ3n) is 4.88. The molecule has 1 N–H and O–H groups in total. The van der Waals surface area contributed by atoms with E-state index < -0.39 is 0 Å². The summed E-state index contributed by atoms with van der Waals surface area (Å²) < 4.78 is 5.40. The van der Waals surface area contributed by atoms with Crippen LogP contribution in [0.5, 0.6) is 0 Å². The zero-order valence-electron chi connectivity index (χ0n) is 16.0. The second-order valence-electron chi connectivity index (χ2n) is 6.88. The highest BCUT2D eigenvalue weighted by atomic mass is 16.3. The molecule has 4 nitrogen and oxygen atoms in total. The molecule has 0 saturated carbocycles. The molecule has 29 heavy (non-hydrogen) atoms. The van der Waals surface area contributed by atoms with Crippen LogP contribution in [0.1, 0.15) is 29.0 Å². The summed E-state index contributed by atoms with van der Waals surface area (Å²) in [4.78, 5) is 17.1. The van der Waals surface area contributed by atoms with Gasteiger partial charge in [0, 0.05) is 25.1 Å². The van der Waals surface area contributed by atoms with Crippen molar-refractivity contribution in [3.8, 4) is 11.5 Å². The molecule has 0 radical (unpaired) electrons. The van der Waals surface area contributed by atoms with Gasteiger partial charge in [-0.05, 0) is 41.0 Å². The molecule has 0 fully saturated rings. The standard InChI is InChI=1S/C25H22N2O2/c28-25(27-18-19-13-14-26-23(16-19)24-12-7-15-29-24)17-22(20-8-3-1-4-9-20)21-10-5-2-6-11-21/h1-16,22H,17-18H2,(H,27,28). The molecule has 2 aromatic heterocycles. The van der Waals surface area contributed by atoms with Gasteiger partial charge in [0.1, 0.15) is 5.69 Å². The number of pyridine rings is 1. The summed E-state index contributed by atoms with van der Waals surface area (Å²) >= 11 is 0. The summed E-state index contributed by atoms with van der Waals surface area (Å²) in [5.41, 5.74) is 4.01. The molecule has 0 saturated heterocycles. The fourth-order valence-corrected chi connectivity index (χ4v) is 3.40. The zero-order valence-corrected chi connectivity index (χ0v) is 16.0. The highest BCUT2D eigenvalue weighted by molar-refractivity contribution is 5.77. The van der Waals surface area contributed by atoms with Crippen LogP contribution in [0.2, 0.25) is 0 Å². The van der Waals surface area contributed by atoms with Crippen LogP contribution in [0.15, 0.2) is 102 Å². The lowest BCUT2D eigenvalue weighted by atomic mass is 9.88. The van der Waals surface area contributed by atoms with Gasteiger partial charge in [-0.15, -0.1) is 0 Å². The minimum Gasteiger partial charge on any atom is -0.463 e. The largest absolute Gasteiger partial charge is 0.463 e. The Labute approximate surface area is 170 Å². The van der Waals surface area contributed by atoms with Gasteiger partial charge in [0.2, 0.25) is 5.91 Å². The molecule has 2 heterocycles. The lowest BCUT2D eigenvalue weighted by Crippen LogP contribution is -2.25. The summed E-state index contributed by atoms with van der Waals surface area (Å²) in [5, 5.41) is 3.04. The molecule has 0 aliphatic heterocycles. The minimum atomic E-state index is 0.0130. The van der Waals surface area contributed by atoms with Crippen molar-refractivity contribution in [1.29, 1.82) is 0 Å². The zero-order chi connectivity index (χ0) is 19.9. The number of rotatable bonds is 7. The lowest BCUT2D eigenvalue weighted by Gasteiger charge is -2.18. The Balaban J connectivity index is 1.44. The monoisotopic (exact) mass is 382 g/mol. The molecule has 1 amide bonds. The highest BCUT2D eigenvalue weighted by Gasteiger charge is 2.18. The molecular weight excluding hydrogens is 360 g/mol. The van der Waals surface area contributed by atoms with E-state index in [4.69, 9.17) is 4.42 Å². The van der Waals surface area contributed by atoms with Crippen molar-refractivity contribution in [3.05, 3.63) is 114 Å². The van der Waals surface area contributed by atoms with E-state index in [0.29, 0.717) is 18.7 Å². The van der Waals surface area contributed by atoms with Crippen molar-refractivity contribution < 1.29 is 9.21 Å². The molecule has 0 aliphatic carbocycles. The maximum absolute atomic E-state index is 12.7. The number of carbonyl (C=O) groups excluding carboxylic acids is 1. The van der Waals surface area contributed by atoms with Crippen LogP contribution in [-0.4, -0.2) is 10.9 Å². The van der Waals surface area contributed by atoms with Gasteiger partial charge in [0.05, 0.1) is 6.26 Å². The van der Waals surface area contributed by atoms with E-state index in [9.17, 15) is 4.79 Å². The summed E-state index contributed by atoms with van der Waals surface area (Å²) in [6.07, 6.45) is 3.75. The van der Waals surface area contributed by atoms with Crippen molar-refractivity contribution in [2.45, 2.75) is 18.9 Å².